The number of rotatable bonds is 8. The molecule has 0 spiro atoms. The highest BCUT2D eigenvalue weighted by Crippen LogP contribution is 2.34. The lowest BCUT2D eigenvalue weighted by atomic mass is 10.1. The summed E-state index contributed by atoms with van der Waals surface area (Å²) in [6.07, 6.45) is 1.70. The highest BCUT2D eigenvalue weighted by Gasteiger charge is 2.19. The maximum absolute atomic E-state index is 5.87. The number of hydrogen-bond acceptors (Lipinski definition) is 8. The van der Waals surface area contributed by atoms with Gasteiger partial charge in [-0.2, -0.15) is 10.2 Å². The Bertz CT molecular complexity index is 1030. The largest absolute Gasteiger partial charge is 0.477 e. The zero-order chi connectivity index (χ0) is 21.0. The Morgan fingerprint density at radius 1 is 1.38 bits per heavy atom. The molecule has 3 heterocycles. The van der Waals surface area contributed by atoms with Crippen molar-refractivity contribution in [2.24, 2.45) is 16.7 Å². The van der Waals surface area contributed by atoms with E-state index in [9.17, 15) is 0 Å². The predicted molar refractivity (Wildman–Crippen MR) is 114 cm³/mol. The predicted octanol–water partition coefficient (Wildman–Crippen LogP) is 1.93. The Balaban J connectivity index is 2.19. The van der Waals surface area contributed by atoms with Gasteiger partial charge in [0, 0.05) is 12.2 Å². The summed E-state index contributed by atoms with van der Waals surface area (Å²) in [5.74, 6) is 6.07. The van der Waals surface area contributed by atoms with Crippen molar-refractivity contribution in [1.82, 2.24) is 25.3 Å². The lowest BCUT2D eigenvalue weighted by molar-refractivity contribution is 0.328. The summed E-state index contributed by atoms with van der Waals surface area (Å²) < 4.78 is 7.64. The van der Waals surface area contributed by atoms with Gasteiger partial charge in [-0.3, -0.25) is 4.68 Å². The van der Waals surface area contributed by atoms with Crippen molar-refractivity contribution in [3.05, 3.63) is 30.1 Å². The first kappa shape index (κ1) is 20.3. The lowest BCUT2D eigenvalue weighted by Crippen LogP contribution is -2.28. The van der Waals surface area contributed by atoms with Gasteiger partial charge in [0.2, 0.25) is 5.88 Å². The number of amidine groups is 1. The van der Waals surface area contributed by atoms with E-state index in [4.69, 9.17) is 21.3 Å². The standard InChI is InChI=1S/C19H27N9O/c1-5-29-19-13(7-6-8-22-19)14-9-15(23-10-16(20)25-27-21)18-17(24-14)12(4)26-28(18)11(2)3/h6-9,11,27H,5,10,21H2,1-4H3,(H2,20,25)(H,23,24). The van der Waals surface area contributed by atoms with Crippen LogP contribution in [-0.4, -0.2) is 38.7 Å². The molecule has 0 amide bonds. The van der Waals surface area contributed by atoms with Crippen molar-refractivity contribution in [3.63, 3.8) is 0 Å². The number of aromatic nitrogens is 4. The van der Waals surface area contributed by atoms with E-state index in [1.807, 2.05) is 36.7 Å². The maximum Gasteiger partial charge on any atom is 0.222 e. The molecule has 0 radical (unpaired) electrons. The second kappa shape index (κ2) is 8.74. The van der Waals surface area contributed by atoms with Crippen LogP contribution in [0.3, 0.4) is 0 Å². The van der Waals surface area contributed by atoms with Gasteiger partial charge in [0.05, 0.1) is 35.8 Å². The van der Waals surface area contributed by atoms with Crippen LogP contribution in [-0.2, 0) is 0 Å². The second-order valence-corrected chi connectivity index (χ2v) is 6.75. The second-order valence-electron chi connectivity index (χ2n) is 6.75. The van der Waals surface area contributed by atoms with Crippen LogP contribution in [0.25, 0.3) is 22.3 Å². The first-order chi connectivity index (χ1) is 14.0. The molecule has 3 rings (SSSR count). The Labute approximate surface area is 169 Å². The fourth-order valence-corrected chi connectivity index (χ4v) is 3.07. The average Bonchev–Trinajstić information content (AvgIpc) is 3.04. The molecule has 0 atom stereocenters. The summed E-state index contributed by atoms with van der Waals surface area (Å²) in [5.41, 5.74) is 13.0. The van der Waals surface area contributed by atoms with Crippen molar-refractivity contribution in [1.29, 1.82) is 0 Å². The van der Waals surface area contributed by atoms with Crippen molar-refractivity contribution in [2.75, 3.05) is 18.5 Å². The molecule has 0 saturated heterocycles. The van der Waals surface area contributed by atoms with Crippen molar-refractivity contribution < 1.29 is 4.74 Å². The zero-order valence-electron chi connectivity index (χ0n) is 17.1. The molecule has 0 saturated carbocycles. The first-order valence-electron chi connectivity index (χ1n) is 9.45. The van der Waals surface area contributed by atoms with E-state index < -0.39 is 0 Å². The summed E-state index contributed by atoms with van der Waals surface area (Å²) in [4.78, 5) is 9.22. The lowest BCUT2D eigenvalue weighted by Gasteiger charge is -2.15. The van der Waals surface area contributed by atoms with Crippen LogP contribution in [0.2, 0.25) is 0 Å². The van der Waals surface area contributed by atoms with E-state index in [0.29, 0.717) is 24.9 Å². The number of nitrogens with one attached hydrogen (secondary N) is 2. The molecular weight excluding hydrogens is 370 g/mol. The first-order valence-corrected chi connectivity index (χ1v) is 9.45. The SMILES string of the molecule is CCOc1ncccc1-c1cc(NC/C(N)=N/NN)c2c(n1)c(C)nn2C(C)C. The van der Waals surface area contributed by atoms with Gasteiger partial charge in [0.25, 0.3) is 0 Å². The van der Waals surface area contributed by atoms with Gasteiger partial charge in [-0.1, -0.05) is 0 Å². The summed E-state index contributed by atoms with van der Waals surface area (Å²) in [5, 5.41) is 11.8. The average molecular weight is 397 g/mol. The molecule has 3 aromatic rings. The third-order valence-electron chi connectivity index (χ3n) is 4.31. The number of fused-ring (bicyclic) bond motifs is 1. The number of pyridine rings is 2. The number of hydrazone groups is 1. The number of ether oxygens (including phenoxy) is 1. The number of nitrogens with two attached hydrogens (primary N) is 2. The molecule has 6 N–H and O–H groups in total. The summed E-state index contributed by atoms with van der Waals surface area (Å²) in [6.45, 7) is 8.84. The fourth-order valence-electron chi connectivity index (χ4n) is 3.07. The molecule has 10 nitrogen and oxygen atoms in total. The van der Waals surface area contributed by atoms with Gasteiger partial charge in [-0.05, 0) is 45.9 Å². The van der Waals surface area contributed by atoms with Crippen molar-refractivity contribution >= 4 is 22.6 Å². The highest BCUT2D eigenvalue weighted by molar-refractivity contribution is 5.95. The maximum atomic E-state index is 5.87. The Morgan fingerprint density at radius 3 is 2.86 bits per heavy atom. The summed E-state index contributed by atoms with van der Waals surface area (Å²) >= 11 is 0. The monoisotopic (exact) mass is 397 g/mol. The van der Waals surface area contributed by atoms with Crippen LogP contribution in [0.5, 0.6) is 5.88 Å². The Morgan fingerprint density at radius 2 is 2.17 bits per heavy atom. The highest BCUT2D eigenvalue weighted by atomic mass is 16.5. The molecule has 29 heavy (non-hydrogen) atoms. The van der Waals surface area contributed by atoms with Gasteiger partial charge >= 0.3 is 0 Å². The topological polar surface area (TPSA) is 141 Å². The van der Waals surface area contributed by atoms with Crippen molar-refractivity contribution in [3.8, 4) is 17.1 Å². The van der Waals surface area contributed by atoms with Crippen LogP contribution >= 0.6 is 0 Å². The minimum Gasteiger partial charge on any atom is -0.477 e. The summed E-state index contributed by atoms with van der Waals surface area (Å²) in [6, 6.07) is 5.91. The molecule has 10 heteroatoms. The quantitative estimate of drug-likeness (QED) is 0.195. The van der Waals surface area contributed by atoms with E-state index in [-0.39, 0.29) is 6.04 Å². The number of aryl methyl sites for hydroxylation is 1. The fraction of sp³-hybridized carbons (Fsp3) is 0.368. The van der Waals surface area contributed by atoms with E-state index >= 15 is 0 Å². The summed E-state index contributed by atoms with van der Waals surface area (Å²) in [7, 11) is 0. The molecule has 0 aliphatic heterocycles. The van der Waals surface area contributed by atoms with Crippen LogP contribution in [0.4, 0.5) is 5.69 Å². The molecule has 0 unspecified atom stereocenters. The van der Waals surface area contributed by atoms with E-state index in [1.165, 1.54) is 0 Å². The third-order valence-corrected chi connectivity index (χ3v) is 4.31. The van der Waals surface area contributed by atoms with E-state index in [1.54, 1.807) is 6.20 Å². The third kappa shape index (κ3) is 4.21. The molecule has 0 aliphatic rings. The van der Waals surface area contributed by atoms with E-state index in [2.05, 4.69) is 39.9 Å². The Kier molecular flexibility index (Phi) is 6.13. The number of anilines is 1. The van der Waals surface area contributed by atoms with Gasteiger partial charge in [-0.15, -0.1) is 0 Å². The number of hydrogen-bond donors (Lipinski definition) is 4. The zero-order valence-corrected chi connectivity index (χ0v) is 17.1. The molecule has 0 bridgehead atoms. The van der Waals surface area contributed by atoms with Gasteiger partial charge < -0.3 is 15.8 Å². The Hall–Kier alpha value is -3.40. The van der Waals surface area contributed by atoms with Crippen LogP contribution in [0, 0.1) is 6.92 Å². The van der Waals surface area contributed by atoms with Crippen LogP contribution in [0.15, 0.2) is 29.5 Å². The van der Waals surface area contributed by atoms with Crippen LogP contribution < -0.4 is 27.2 Å². The van der Waals surface area contributed by atoms with Crippen LogP contribution in [0.1, 0.15) is 32.5 Å². The van der Waals surface area contributed by atoms with E-state index in [0.717, 1.165) is 33.7 Å². The minimum absolute atomic E-state index is 0.161. The smallest absolute Gasteiger partial charge is 0.222 e. The molecule has 0 fully saturated rings. The molecular formula is C19H27N9O. The normalized spacial score (nSPS) is 11.9. The van der Waals surface area contributed by atoms with Crippen molar-refractivity contribution in [2.45, 2.75) is 33.7 Å². The minimum atomic E-state index is 0.161. The van der Waals surface area contributed by atoms with Gasteiger partial charge in [-0.25, -0.2) is 21.3 Å². The molecule has 0 aromatic carbocycles. The molecule has 154 valence electrons. The van der Waals surface area contributed by atoms with Gasteiger partial charge in [0.15, 0.2) is 0 Å². The number of nitrogens with zero attached hydrogens (tertiary/aromatic N) is 5. The molecule has 3 aromatic heterocycles. The number of hydrazine groups is 1. The van der Waals surface area contributed by atoms with Gasteiger partial charge in [0.1, 0.15) is 16.9 Å². The molecule has 0 aliphatic carbocycles.